The van der Waals surface area contributed by atoms with E-state index in [1.54, 1.807) is 0 Å². The Morgan fingerprint density at radius 1 is 1.37 bits per heavy atom. The lowest BCUT2D eigenvalue weighted by Gasteiger charge is -2.15. The van der Waals surface area contributed by atoms with Crippen LogP contribution in [0.25, 0.3) is 0 Å². The van der Waals surface area contributed by atoms with E-state index in [2.05, 4.69) is 37.4 Å². The normalized spacial score (nSPS) is 19.0. The number of rotatable bonds is 7. The average molecular weight is 263 g/mol. The molecule has 1 aromatic carbocycles. The summed E-state index contributed by atoms with van der Waals surface area (Å²) in [4.78, 5) is 0. The van der Waals surface area contributed by atoms with Crippen LogP contribution in [0.3, 0.4) is 0 Å². The van der Waals surface area contributed by atoms with Crippen molar-refractivity contribution in [3.63, 3.8) is 0 Å². The molecule has 0 unspecified atom stereocenters. The summed E-state index contributed by atoms with van der Waals surface area (Å²) in [6, 6.07) is 8.29. The van der Waals surface area contributed by atoms with Gasteiger partial charge in [0, 0.05) is 19.7 Å². The molecule has 0 amide bonds. The van der Waals surface area contributed by atoms with E-state index in [9.17, 15) is 0 Å². The fraction of sp³-hybridized carbons (Fsp3) is 0.625. The van der Waals surface area contributed by atoms with Gasteiger partial charge in [0.25, 0.3) is 0 Å². The lowest BCUT2D eigenvalue weighted by Crippen LogP contribution is -2.29. The van der Waals surface area contributed by atoms with Gasteiger partial charge in [0.2, 0.25) is 0 Å². The Labute approximate surface area is 116 Å². The molecule has 3 heteroatoms. The molecule has 0 aromatic heterocycles. The molecular weight excluding hydrogens is 238 g/mol. The fourth-order valence-electron chi connectivity index (χ4n) is 2.39. The van der Waals surface area contributed by atoms with Crippen molar-refractivity contribution in [1.29, 1.82) is 0 Å². The van der Waals surface area contributed by atoms with Crippen LogP contribution in [0.5, 0.6) is 5.75 Å². The average Bonchev–Trinajstić information content (AvgIpc) is 2.92. The van der Waals surface area contributed by atoms with Gasteiger partial charge in [0.15, 0.2) is 0 Å². The van der Waals surface area contributed by atoms with Crippen molar-refractivity contribution in [2.45, 2.75) is 38.7 Å². The van der Waals surface area contributed by atoms with E-state index >= 15 is 0 Å². The maximum absolute atomic E-state index is 5.86. The molecular formula is C16H25NO2. The maximum atomic E-state index is 5.86. The number of ether oxygens (including phenoxy) is 2. The molecule has 106 valence electrons. The van der Waals surface area contributed by atoms with Crippen LogP contribution in [0.1, 0.15) is 38.2 Å². The van der Waals surface area contributed by atoms with Gasteiger partial charge in [-0.2, -0.15) is 0 Å². The second-order valence-electron chi connectivity index (χ2n) is 5.38. The Bertz CT molecular complexity index is 373. The second kappa shape index (κ2) is 7.51. The molecule has 19 heavy (non-hydrogen) atoms. The van der Waals surface area contributed by atoms with E-state index in [4.69, 9.17) is 9.47 Å². The van der Waals surface area contributed by atoms with E-state index in [1.165, 1.54) is 18.4 Å². The lowest BCUT2D eigenvalue weighted by atomic mass is 10.0. The van der Waals surface area contributed by atoms with Gasteiger partial charge in [-0.25, -0.2) is 0 Å². The van der Waals surface area contributed by atoms with Crippen molar-refractivity contribution in [2.75, 3.05) is 26.3 Å². The monoisotopic (exact) mass is 263 g/mol. The fourth-order valence-corrected chi connectivity index (χ4v) is 2.39. The predicted molar refractivity (Wildman–Crippen MR) is 77.9 cm³/mol. The Morgan fingerprint density at radius 3 is 2.95 bits per heavy atom. The quantitative estimate of drug-likeness (QED) is 0.767. The summed E-state index contributed by atoms with van der Waals surface area (Å²) in [5.74, 6) is 1.51. The van der Waals surface area contributed by atoms with Crippen LogP contribution in [0.4, 0.5) is 0 Å². The molecule has 3 nitrogen and oxygen atoms in total. The first-order chi connectivity index (χ1) is 9.27. The summed E-state index contributed by atoms with van der Waals surface area (Å²) < 4.78 is 11.4. The van der Waals surface area contributed by atoms with E-state index in [0.29, 0.717) is 18.6 Å². The van der Waals surface area contributed by atoms with Gasteiger partial charge in [-0.15, -0.1) is 0 Å². The van der Waals surface area contributed by atoms with Crippen molar-refractivity contribution in [3.8, 4) is 5.75 Å². The van der Waals surface area contributed by atoms with Crippen LogP contribution in [-0.4, -0.2) is 32.4 Å². The molecule has 2 rings (SSSR count). The zero-order valence-corrected chi connectivity index (χ0v) is 12.0. The van der Waals surface area contributed by atoms with Crippen molar-refractivity contribution in [3.05, 3.63) is 29.8 Å². The number of hydrogen-bond acceptors (Lipinski definition) is 3. The minimum Gasteiger partial charge on any atom is -0.492 e. The third-order valence-corrected chi connectivity index (χ3v) is 3.47. The highest BCUT2D eigenvalue weighted by Gasteiger charge is 2.14. The van der Waals surface area contributed by atoms with Gasteiger partial charge < -0.3 is 14.8 Å². The number of nitrogens with one attached hydrogen (secondary N) is 1. The van der Waals surface area contributed by atoms with Crippen LogP contribution in [-0.2, 0) is 4.74 Å². The number of hydrogen-bond donors (Lipinski definition) is 1. The van der Waals surface area contributed by atoms with Crippen LogP contribution in [0, 0.1) is 0 Å². The smallest absolute Gasteiger partial charge is 0.122 e. The predicted octanol–water partition coefficient (Wildman–Crippen LogP) is 2.96. The topological polar surface area (TPSA) is 30.5 Å². The molecule has 0 radical (unpaired) electrons. The molecule has 0 bridgehead atoms. The highest BCUT2D eigenvalue weighted by Crippen LogP contribution is 2.25. The third-order valence-electron chi connectivity index (χ3n) is 3.47. The van der Waals surface area contributed by atoms with E-state index < -0.39 is 0 Å². The lowest BCUT2D eigenvalue weighted by molar-refractivity contribution is 0.109. The maximum Gasteiger partial charge on any atom is 0.122 e. The first-order valence-electron chi connectivity index (χ1n) is 7.31. The molecule has 0 spiro atoms. The summed E-state index contributed by atoms with van der Waals surface area (Å²) in [7, 11) is 0. The van der Waals surface area contributed by atoms with E-state index in [1.807, 2.05) is 6.07 Å². The van der Waals surface area contributed by atoms with E-state index in [-0.39, 0.29) is 0 Å². The molecule has 0 saturated carbocycles. The zero-order valence-electron chi connectivity index (χ0n) is 12.0. The van der Waals surface area contributed by atoms with Crippen LogP contribution in [0.15, 0.2) is 24.3 Å². The van der Waals surface area contributed by atoms with Crippen LogP contribution >= 0.6 is 0 Å². The van der Waals surface area contributed by atoms with Gasteiger partial charge in [0.05, 0.1) is 6.10 Å². The van der Waals surface area contributed by atoms with Crippen LogP contribution in [0.2, 0.25) is 0 Å². The zero-order chi connectivity index (χ0) is 13.5. The van der Waals surface area contributed by atoms with Crippen LogP contribution < -0.4 is 10.1 Å². The second-order valence-corrected chi connectivity index (χ2v) is 5.38. The summed E-state index contributed by atoms with van der Waals surface area (Å²) in [5, 5.41) is 3.40. The number of benzene rings is 1. The van der Waals surface area contributed by atoms with Crippen molar-refractivity contribution in [2.24, 2.45) is 0 Å². The Hall–Kier alpha value is -1.06. The SMILES string of the molecule is CC(C)c1ccccc1OCCNC[C@@H]1CCCO1. The van der Waals surface area contributed by atoms with E-state index in [0.717, 1.165) is 25.4 Å². The van der Waals surface area contributed by atoms with Crippen molar-refractivity contribution in [1.82, 2.24) is 5.32 Å². The minimum atomic E-state index is 0.406. The number of para-hydroxylation sites is 1. The third kappa shape index (κ3) is 4.51. The van der Waals surface area contributed by atoms with Gasteiger partial charge in [-0.05, 0) is 30.4 Å². The highest BCUT2D eigenvalue weighted by atomic mass is 16.5. The highest BCUT2D eigenvalue weighted by molar-refractivity contribution is 5.35. The van der Waals surface area contributed by atoms with Gasteiger partial charge in [-0.3, -0.25) is 0 Å². The van der Waals surface area contributed by atoms with Gasteiger partial charge in [0.1, 0.15) is 12.4 Å². The summed E-state index contributed by atoms with van der Waals surface area (Å²) in [6.45, 7) is 7.82. The Morgan fingerprint density at radius 2 is 2.21 bits per heavy atom. The first-order valence-corrected chi connectivity index (χ1v) is 7.31. The molecule has 1 atom stereocenters. The summed E-state index contributed by atoms with van der Waals surface area (Å²) in [6.07, 6.45) is 2.79. The molecule has 1 N–H and O–H groups in total. The largest absolute Gasteiger partial charge is 0.492 e. The standard InChI is InChI=1S/C16H25NO2/c1-13(2)15-7-3-4-8-16(15)19-11-9-17-12-14-6-5-10-18-14/h3-4,7-8,13-14,17H,5-6,9-12H2,1-2H3/t14-/m0/s1. The molecule has 1 heterocycles. The minimum absolute atomic E-state index is 0.406. The first kappa shape index (κ1) is 14.4. The Kier molecular flexibility index (Phi) is 5.67. The molecule has 1 aromatic rings. The van der Waals surface area contributed by atoms with Gasteiger partial charge in [-0.1, -0.05) is 32.0 Å². The summed E-state index contributed by atoms with van der Waals surface area (Å²) in [5.41, 5.74) is 1.28. The molecule has 1 aliphatic rings. The van der Waals surface area contributed by atoms with Crippen molar-refractivity contribution < 1.29 is 9.47 Å². The Balaban J connectivity index is 1.67. The van der Waals surface area contributed by atoms with Crippen molar-refractivity contribution >= 4 is 0 Å². The molecule has 1 saturated heterocycles. The summed E-state index contributed by atoms with van der Waals surface area (Å²) >= 11 is 0. The molecule has 1 fully saturated rings. The molecule has 1 aliphatic heterocycles. The van der Waals surface area contributed by atoms with Gasteiger partial charge >= 0.3 is 0 Å². The molecule has 0 aliphatic carbocycles.